The van der Waals surface area contributed by atoms with Crippen LogP contribution < -0.4 is 16.4 Å². The Kier molecular flexibility index (Phi) is 5.75. The fraction of sp³-hybridized carbons (Fsp3) is 0.0625. The summed E-state index contributed by atoms with van der Waals surface area (Å²) in [4.78, 5) is 35.1. The van der Waals surface area contributed by atoms with Gasteiger partial charge in [0, 0.05) is 16.4 Å². The van der Waals surface area contributed by atoms with Crippen molar-refractivity contribution in [3.05, 3.63) is 59.1 Å². The molecule has 2 rings (SSSR count). The van der Waals surface area contributed by atoms with E-state index >= 15 is 0 Å². The number of nitrogens with one attached hydrogen (secondary N) is 2. The number of hydrogen-bond donors (Lipinski definition) is 3. The number of imide groups is 1. The minimum atomic E-state index is -0.789. The number of para-hydroxylation sites is 1. The molecule has 0 fully saturated rings. The number of carbonyl (C=O) groups excluding carboxylic acids is 3. The predicted molar refractivity (Wildman–Crippen MR) is 89.8 cm³/mol. The third-order valence-corrected chi connectivity index (χ3v) is 3.09. The first-order valence-corrected chi connectivity index (χ1v) is 7.21. The van der Waals surface area contributed by atoms with Gasteiger partial charge < -0.3 is 15.8 Å². The molecule has 8 heteroatoms. The molecular weight excluding hydrogens is 334 g/mol. The number of halogens is 1. The Morgan fingerprint density at radius 3 is 2.46 bits per heavy atom. The van der Waals surface area contributed by atoms with Crippen LogP contribution in [0.15, 0.2) is 48.5 Å². The van der Waals surface area contributed by atoms with Gasteiger partial charge >= 0.3 is 12.0 Å². The largest absolute Gasteiger partial charge is 0.452 e. The number of anilines is 2. The number of nitrogens with two attached hydrogens (primary N) is 1. The average molecular weight is 348 g/mol. The first-order chi connectivity index (χ1) is 11.5. The van der Waals surface area contributed by atoms with E-state index in [1.54, 1.807) is 30.3 Å². The summed E-state index contributed by atoms with van der Waals surface area (Å²) in [6, 6.07) is 12.1. The van der Waals surface area contributed by atoms with Gasteiger partial charge in [-0.05, 0) is 30.3 Å². The molecule has 2 aromatic rings. The Morgan fingerprint density at radius 2 is 1.79 bits per heavy atom. The van der Waals surface area contributed by atoms with E-state index in [-0.39, 0.29) is 11.3 Å². The Bertz CT molecular complexity index is 765. The molecule has 7 nitrogen and oxygen atoms in total. The van der Waals surface area contributed by atoms with Crippen molar-refractivity contribution in [3.63, 3.8) is 0 Å². The van der Waals surface area contributed by atoms with E-state index in [2.05, 4.69) is 5.32 Å². The second-order valence-electron chi connectivity index (χ2n) is 4.68. The zero-order valence-electron chi connectivity index (χ0n) is 12.4. The summed E-state index contributed by atoms with van der Waals surface area (Å²) in [5.41, 5.74) is 6.39. The Hall–Kier alpha value is -3.06. The van der Waals surface area contributed by atoms with E-state index in [1.165, 1.54) is 18.2 Å². The molecule has 0 atom stereocenters. The molecule has 0 spiro atoms. The van der Waals surface area contributed by atoms with Crippen LogP contribution in [0.3, 0.4) is 0 Å². The minimum Gasteiger partial charge on any atom is -0.452 e. The van der Waals surface area contributed by atoms with E-state index in [0.717, 1.165) is 0 Å². The van der Waals surface area contributed by atoms with Crippen LogP contribution in [0.5, 0.6) is 0 Å². The van der Waals surface area contributed by atoms with E-state index in [0.29, 0.717) is 10.7 Å². The van der Waals surface area contributed by atoms with Gasteiger partial charge in [-0.15, -0.1) is 0 Å². The zero-order valence-corrected chi connectivity index (χ0v) is 13.2. The molecule has 0 aromatic heterocycles. The van der Waals surface area contributed by atoms with Crippen molar-refractivity contribution in [2.45, 2.75) is 0 Å². The number of amides is 3. The molecule has 0 aliphatic heterocycles. The fourth-order valence-electron chi connectivity index (χ4n) is 1.77. The van der Waals surface area contributed by atoms with Gasteiger partial charge in [0.05, 0.1) is 5.56 Å². The maximum absolute atomic E-state index is 11.8. The van der Waals surface area contributed by atoms with Gasteiger partial charge in [-0.1, -0.05) is 29.8 Å². The zero-order chi connectivity index (χ0) is 17.5. The molecule has 0 aliphatic rings. The Labute approximate surface area is 142 Å². The monoisotopic (exact) mass is 347 g/mol. The molecule has 0 radical (unpaired) electrons. The smallest absolute Gasteiger partial charge is 0.340 e. The molecule has 0 saturated carbocycles. The Morgan fingerprint density at radius 1 is 1.08 bits per heavy atom. The highest BCUT2D eigenvalue weighted by atomic mass is 35.5. The van der Waals surface area contributed by atoms with E-state index in [9.17, 15) is 14.4 Å². The van der Waals surface area contributed by atoms with Crippen molar-refractivity contribution >= 4 is 40.9 Å². The molecule has 0 saturated heterocycles. The maximum Gasteiger partial charge on any atom is 0.340 e. The maximum atomic E-state index is 11.8. The molecule has 2 aromatic carbocycles. The average Bonchev–Trinajstić information content (AvgIpc) is 2.53. The summed E-state index contributed by atoms with van der Waals surface area (Å²) in [5.74, 6) is -1.56. The third-order valence-electron chi connectivity index (χ3n) is 2.85. The predicted octanol–water partition coefficient (Wildman–Crippen LogP) is 2.43. The third kappa shape index (κ3) is 4.99. The minimum absolute atomic E-state index is 0.0842. The number of esters is 1. The number of nitrogen functional groups attached to an aromatic ring is 1. The van der Waals surface area contributed by atoms with Crippen molar-refractivity contribution in [1.82, 2.24) is 5.32 Å². The van der Waals surface area contributed by atoms with Crippen LogP contribution in [0, 0.1) is 0 Å². The van der Waals surface area contributed by atoms with Gasteiger partial charge in [-0.3, -0.25) is 10.1 Å². The lowest BCUT2D eigenvalue weighted by atomic mass is 10.2. The Balaban J connectivity index is 1.82. The quantitative estimate of drug-likeness (QED) is 0.581. The van der Waals surface area contributed by atoms with Crippen molar-refractivity contribution in [3.8, 4) is 0 Å². The summed E-state index contributed by atoms with van der Waals surface area (Å²) in [6.45, 7) is -0.622. The molecule has 0 bridgehead atoms. The molecule has 4 N–H and O–H groups in total. The lowest BCUT2D eigenvalue weighted by molar-refractivity contribution is -0.123. The van der Waals surface area contributed by atoms with Gasteiger partial charge in [0.1, 0.15) is 0 Å². The highest BCUT2D eigenvalue weighted by molar-refractivity contribution is 6.31. The van der Waals surface area contributed by atoms with Crippen LogP contribution in [0.1, 0.15) is 10.4 Å². The number of rotatable bonds is 4. The lowest BCUT2D eigenvalue weighted by Crippen LogP contribution is -2.37. The van der Waals surface area contributed by atoms with Crippen LogP contribution >= 0.6 is 11.6 Å². The number of ether oxygens (including phenoxy) is 1. The molecule has 124 valence electrons. The standard InChI is InChI=1S/C16H14ClN3O4/c17-10-6-7-12(13(18)8-10)15(22)24-9-14(21)20-16(23)19-11-4-2-1-3-5-11/h1-8H,9,18H2,(H2,19,20,21,23). The molecule has 0 aliphatic carbocycles. The summed E-state index contributed by atoms with van der Waals surface area (Å²) in [5, 5.41) is 4.88. The molecule has 3 amide bonds. The summed E-state index contributed by atoms with van der Waals surface area (Å²) in [6.07, 6.45) is 0. The van der Waals surface area contributed by atoms with Crippen molar-refractivity contribution < 1.29 is 19.1 Å². The van der Waals surface area contributed by atoms with Crippen molar-refractivity contribution in [2.75, 3.05) is 17.7 Å². The summed E-state index contributed by atoms with van der Waals surface area (Å²) in [7, 11) is 0. The highest BCUT2D eigenvalue weighted by Crippen LogP contribution is 2.18. The van der Waals surface area contributed by atoms with Crippen molar-refractivity contribution in [2.24, 2.45) is 0 Å². The second-order valence-corrected chi connectivity index (χ2v) is 5.11. The van der Waals surface area contributed by atoms with E-state index in [1.807, 2.05) is 5.32 Å². The van der Waals surface area contributed by atoms with Crippen LogP contribution in [0.2, 0.25) is 5.02 Å². The molecule has 0 heterocycles. The topological polar surface area (TPSA) is 111 Å². The van der Waals surface area contributed by atoms with E-state index < -0.39 is 24.5 Å². The first-order valence-electron chi connectivity index (χ1n) is 6.84. The number of urea groups is 1. The van der Waals surface area contributed by atoms with Crippen LogP contribution in [-0.4, -0.2) is 24.5 Å². The number of carbonyl (C=O) groups is 3. The van der Waals surface area contributed by atoms with Gasteiger partial charge in [0.15, 0.2) is 6.61 Å². The highest BCUT2D eigenvalue weighted by Gasteiger charge is 2.15. The molecular formula is C16H14ClN3O4. The van der Waals surface area contributed by atoms with Crippen LogP contribution in [0.4, 0.5) is 16.2 Å². The lowest BCUT2D eigenvalue weighted by Gasteiger charge is -2.08. The normalized spacial score (nSPS) is 9.88. The summed E-state index contributed by atoms with van der Waals surface area (Å²) < 4.78 is 4.81. The molecule has 0 unspecified atom stereocenters. The number of benzene rings is 2. The summed E-state index contributed by atoms with van der Waals surface area (Å²) >= 11 is 5.73. The van der Waals surface area contributed by atoms with Gasteiger partial charge in [0.2, 0.25) is 0 Å². The van der Waals surface area contributed by atoms with E-state index in [4.69, 9.17) is 22.1 Å². The van der Waals surface area contributed by atoms with Crippen LogP contribution in [-0.2, 0) is 9.53 Å². The molecule has 24 heavy (non-hydrogen) atoms. The van der Waals surface area contributed by atoms with Crippen LogP contribution in [0.25, 0.3) is 0 Å². The first kappa shape index (κ1) is 17.3. The van der Waals surface area contributed by atoms with Gasteiger partial charge in [-0.2, -0.15) is 0 Å². The van der Waals surface area contributed by atoms with Crippen molar-refractivity contribution in [1.29, 1.82) is 0 Å². The second kappa shape index (κ2) is 7.98. The van der Waals surface area contributed by atoms with Gasteiger partial charge in [0.25, 0.3) is 5.91 Å². The SMILES string of the molecule is Nc1cc(Cl)ccc1C(=O)OCC(=O)NC(=O)Nc1ccccc1. The number of hydrogen-bond acceptors (Lipinski definition) is 5. The fourth-order valence-corrected chi connectivity index (χ4v) is 1.96. The van der Waals surface area contributed by atoms with Gasteiger partial charge in [-0.25, -0.2) is 9.59 Å².